The van der Waals surface area contributed by atoms with Crippen LogP contribution in [0.1, 0.15) is 67.2 Å². The number of hydrazone groups is 1. The van der Waals surface area contributed by atoms with E-state index in [0.717, 1.165) is 17.0 Å². The lowest BCUT2D eigenvalue weighted by Crippen LogP contribution is -2.30. The van der Waals surface area contributed by atoms with E-state index in [1.54, 1.807) is 30.5 Å². The Balaban J connectivity index is 1.93. The molecule has 29 heavy (non-hydrogen) atoms. The molecule has 1 aromatic carbocycles. The Bertz CT molecular complexity index is 1150. The topological polar surface area (TPSA) is 81.3 Å². The molecule has 152 valence electrons. The molecule has 1 N–H and O–H groups in total. The van der Waals surface area contributed by atoms with Crippen LogP contribution in [-0.4, -0.2) is 26.5 Å². The summed E-state index contributed by atoms with van der Waals surface area (Å²) >= 11 is 0. The van der Waals surface area contributed by atoms with E-state index in [4.69, 9.17) is 0 Å². The van der Waals surface area contributed by atoms with Gasteiger partial charge in [0.15, 0.2) is 5.69 Å². The highest BCUT2D eigenvalue weighted by Gasteiger charge is 2.17. The van der Waals surface area contributed by atoms with E-state index in [1.165, 1.54) is 4.68 Å². The molecule has 7 nitrogen and oxygen atoms in total. The van der Waals surface area contributed by atoms with Crippen molar-refractivity contribution < 1.29 is 4.79 Å². The average molecular weight is 393 g/mol. The summed E-state index contributed by atoms with van der Waals surface area (Å²) in [6.07, 6.45) is 1.64. The Morgan fingerprint density at radius 3 is 2.34 bits per heavy atom. The van der Waals surface area contributed by atoms with Crippen molar-refractivity contribution >= 4 is 22.9 Å². The van der Waals surface area contributed by atoms with E-state index < -0.39 is 5.91 Å². The van der Waals surface area contributed by atoms with Gasteiger partial charge in [0.1, 0.15) is 0 Å². The zero-order chi connectivity index (χ0) is 21.3. The van der Waals surface area contributed by atoms with Gasteiger partial charge >= 0.3 is 0 Å². The van der Waals surface area contributed by atoms with E-state index in [9.17, 15) is 9.59 Å². The molecule has 0 aliphatic rings. The van der Waals surface area contributed by atoms with Crippen molar-refractivity contribution in [1.29, 1.82) is 0 Å². The van der Waals surface area contributed by atoms with Crippen LogP contribution in [0.25, 0.3) is 10.8 Å². The molecule has 0 saturated heterocycles. The van der Waals surface area contributed by atoms with Gasteiger partial charge in [0.2, 0.25) is 0 Å². The first-order chi connectivity index (χ1) is 13.7. The molecule has 0 radical (unpaired) electrons. The van der Waals surface area contributed by atoms with Crippen LogP contribution in [0.5, 0.6) is 0 Å². The number of aromatic nitrogens is 3. The van der Waals surface area contributed by atoms with Crippen LogP contribution in [0.4, 0.5) is 0 Å². The number of benzene rings is 1. The molecule has 0 aliphatic carbocycles. The number of fused-ring (bicyclic) bond motifs is 1. The largest absolute Gasteiger partial charge is 0.346 e. The lowest BCUT2D eigenvalue weighted by molar-refractivity contribution is 0.0949. The second-order valence-electron chi connectivity index (χ2n) is 7.73. The van der Waals surface area contributed by atoms with E-state index in [2.05, 4.69) is 34.0 Å². The Labute approximate surface area is 170 Å². The lowest BCUT2D eigenvalue weighted by atomic mass is 10.1. The van der Waals surface area contributed by atoms with Crippen LogP contribution in [0.2, 0.25) is 0 Å². The van der Waals surface area contributed by atoms with E-state index in [-0.39, 0.29) is 17.3 Å². The maximum Gasteiger partial charge on any atom is 0.292 e. The molecule has 2 aromatic heterocycles. The Morgan fingerprint density at radius 2 is 1.76 bits per heavy atom. The normalized spacial score (nSPS) is 11.9. The maximum absolute atomic E-state index is 12.8. The Morgan fingerprint density at radius 1 is 1.10 bits per heavy atom. The first-order valence-electron chi connectivity index (χ1n) is 9.75. The Hall–Kier alpha value is -3.22. The van der Waals surface area contributed by atoms with E-state index in [0.29, 0.717) is 16.8 Å². The zero-order valence-corrected chi connectivity index (χ0v) is 17.7. The summed E-state index contributed by atoms with van der Waals surface area (Å²) in [6.45, 7) is 12.0. The number of hydrogen-bond acceptors (Lipinski definition) is 4. The highest BCUT2D eigenvalue weighted by Crippen LogP contribution is 2.19. The van der Waals surface area contributed by atoms with Crippen molar-refractivity contribution in [3.63, 3.8) is 0 Å². The number of rotatable bonds is 5. The van der Waals surface area contributed by atoms with Crippen LogP contribution in [0.15, 0.2) is 40.2 Å². The molecular weight excluding hydrogens is 366 g/mol. The second kappa shape index (κ2) is 8.03. The lowest BCUT2D eigenvalue weighted by Gasteiger charge is -2.13. The minimum Gasteiger partial charge on any atom is -0.346 e. The molecular formula is C22H27N5O2. The fourth-order valence-corrected chi connectivity index (χ4v) is 3.67. The van der Waals surface area contributed by atoms with Gasteiger partial charge in [-0.3, -0.25) is 9.59 Å². The Kier molecular flexibility index (Phi) is 5.68. The van der Waals surface area contributed by atoms with Crippen molar-refractivity contribution in [2.75, 3.05) is 0 Å². The molecule has 0 spiro atoms. The molecule has 3 rings (SSSR count). The van der Waals surface area contributed by atoms with Crippen molar-refractivity contribution in [2.45, 2.75) is 53.6 Å². The summed E-state index contributed by atoms with van der Waals surface area (Å²) < 4.78 is 3.55. The van der Waals surface area contributed by atoms with Gasteiger partial charge in [-0.15, -0.1) is 0 Å². The number of carbonyl (C=O) groups excluding carboxylic acids is 1. The third-order valence-corrected chi connectivity index (χ3v) is 4.94. The number of aryl methyl sites for hydroxylation is 1. The van der Waals surface area contributed by atoms with Crippen LogP contribution < -0.4 is 11.0 Å². The minimum absolute atomic E-state index is 0.163. The van der Waals surface area contributed by atoms with Gasteiger partial charge in [-0.2, -0.15) is 10.2 Å². The quantitative estimate of drug-likeness (QED) is 0.530. The van der Waals surface area contributed by atoms with Gasteiger partial charge in [0, 0.05) is 28.4 Å². The standard InChI is InChI=1S/C22H27N5O2/c1-13(2)26-15(5)11-17(16(26)6)12-23-24-21(28)20-18-9-7-8-10-19(18)22(29)27(25-20)14(3)4/h7-14H,1-6H3,(H,24,28)/b23-12-. The highest BCUT2D eigenvalue weighted by molar-refractivity contribution is 6.05. The third kappa shape index (κ3) is 3.85. The summed E-state index contributed by atoms with van der Waals surface area (Å²) in [5.74, 6) is -0.454. The van der Waals surface area contributed by atoms with Gasteiger partial charge in [0.25, 0.3) is 11.5 Å². The second-order valence-corrected chi connectivity index (χ2v) is 7.73. The molecule has 0 saturated carbocycles. The van der Waals surface area contributed by atoms with Crippen LogP contribution in [-0.2, 0) is 0 Å². The molecule has 1 amide bonds. The third-order valence-electron chi connectivity index (χ3n) is 4.94. The van der Waals surface area contributed by atoms with Crippen molar-refractivity contribution in [3.05, 3.63) is 63.3 Å². The fourth-order valence-electron chi connectivity index (χ4n) is 3.67. The number of nitrogens with zero attached hydrogens (tertiary/aromatic N) is 4. The molecule has 0 atom stereocenters. The van der Waals surface area contributed by atoms with Gasteiger partial charge in [-0.25, -0.2) is 10.1 Å². The van der Waals surface area contributed by atoms with E-state index in [1.807, 2.05) is 33.8 Å². The molecule has 0 bridgehead atoms. The SMILES string of the molecule is Cc1cc(/C=N\NC(=O)c2nn(C(C)C)c(=O)c3ccccc23)c(C)n1C(C)C. The van der Waals surface area contributed by atoms with Gasteiger partial charge in [-0.05, 0) is 53.7 Å². The molecule has 7 heteroatoms. The van der Waals surface area contributed by atoms with Crippen molar-refractivity contribution in [3.8, 4) is 0 Å². The van der Waals surface area contributed by atoms with Gasteiger partial charge in [0.05, 0.1) is 17.6 Å². The monoisotopic (exact) mass is 393 g/mol. The minimum atomic E-state index is -0.454. The smallest absolute Gasteiger partial charge is 0.292 e. The fraction of sp³-hybridized carbons (Fsp3) is 0.364. The summed E-state index contributed by atoms with van der Waals surface area (Å²) in [5.41, 5.74) is 5.70. The molecule has 0 fully saturated rings. The molecule has 0 unspecified atom stereocenters. The molecule has 2 heterocycles. The molecule has 3 aromatic rings. The van der Waals surface area contributed by atoms with Crippen LogP contribution >= 0.6 is 0 Å². The van der Waals surface area contributed by atoms with Crippen molar-refractivity contribution in [2.24, 2.45) is 5.10 Å². The predicted octanol–water partition coefficient (Wildman–Crippen LogP) is 3.74. The first kappa shape index (κ1) is 20.5. The highest BCUT2D eigenvalue weighted by atomic mass is 16.2. The zero-order valence-electron chi connectivity index (χ0n) is 17.7. The van der Waals surface area contributed by atoms with E-state index >= 15 is 0 Å². The van der Waals surface area contributed by atoms with Crippen LogP contribution in [0.3, 0.4) is 0 Å². The van der Waals surface area contributed by atoms with Gasteiger partial charge in [-0.1, -0.05) is 18.2 Å². The number of nitrogens with one attached hydrogen (secondary N) is 1. The summed E-state index contributed by atoms with van der Waals surface area (Å²) in [7, 11) is 0. The predicted molar refractivity (Wildman–Crippen MR) is 116 cm³/mol. The van der Waals surface area contributed by atoms with Gasteiger partial charge < -0.3 is 4.57 Å². The number of hydrogen-bond donors (Lipinski definition) is 1. The molecule has 0 aliphatic heterocycles. The first-order valence-corrected chi connectivity index (χ1v) is 9.75. The maximum atomic E-state index is 12.8. The summed E-state index contributed by atoms with van der Waals surface area (Å²) in [5, 5.41) is 9.41. The number of amides is 1. The van der Waals surface area contributed by atoms with Crippen LogP contribution in [0, 0.1) is 13.8 Å². The average Bonchev–Trinajstić information content (AvgIpc) is 2.95. The summed E-state index contributed by atoms with van der Waals surface area (Å²) in [6, 6.07) is 9.21. The van der Waals surface area contributed by atoms with Crippen molar-refractivity contribution in [1.82, 2.24) is 19.8 Å². The summed E-state index contributed by atoms with van der Waals surface area (Å²) in [4.78, 5) is 25.4. The number of carbonyl (C=O) groups is 1.